The van der Waals surface area contributed by atoms with Gasteiger partial charge in [-0.2, -0.15) is 13.1 Å². The first-order valence-electron chi connectivity index (χ1n) is 9.03. The van der Waals surface area contributed by atoms with Crippen molar-refractivity contribution < 1.29 is 17.6 Å². The second kappa shape index (κ2) is 8.52. The average Bonchev–Trinajstić information content (AvgIpc) is 3.19. The minimum absolute atomic E-state index is 0.0293. The van der Waals surface area contributed by atoms with E-state index in [1.807, 2.05) is 4.90 Å². The highest BCUT2D eigenvalue weighted by Crippen LogP contribution is 2.25. The fourth-order valence-electron chi connectivity index (χ4n) is 3.24. The number of nitrogens with zero attached hydrogens (tertiary/aromatic N) is 4. The first kappa shape index (κ1) is 21.1. The summed E-state index contributed by atoms with van der Waals surface area (Å²) in [4.78, 5) is 14.2. The molecule has 1 aliphatic heterocycles. The first-order valence-corrected chi connectivity index (χ1v) is 11.6. The van der Waals surface area contributed by atoms with Gasteiger partial charge in [0.1, 0.15) is 21.7 Å². The van der Waals surface area contributed by atoms with Crippen molar-refractivity contribution in [3.8, 4) is 0 Å². The third-order valence-corrected chi connectivity index (χ3v) is 7.48. The number of rotatable bonds is 5. The van der Waals surface area contributed by atoms with Gasteiger partial charge in [0, 0.05) is 31.2 Å². The number of fused-ring (bicyclic) bond motifs is 1. The second-order valence-corrected chi connectivity index (χ2v) is 9.61. The normalized spacial score (nSPS) is 16.1. The molecule has 0 unspecified atom stereocenters. The van der Waals surface area contributed by atoms with Gasteiger partial charge < -0.3 is 5.32 Å². The third-order valence-electron chi connectivity index (χ3n) is 4.77. The van der Waals surface area contributed by atoms with Crippen LogP contribution in [0.5, 0.6) is 0 Å². The molecule has 1 saturated heterocycles. The predicted molar refractivity (Wildman–Crippen MR) is 113 cm³/mol. The first-order chi connectivity index (χ1) is 14.3. The third kappa shape index (κ3) is 4.30. The SMILES string of the molecule is O=C(CN1CCN(S(=O)(=O)c2cccc3nsnc23)CC1)Nc1ccc(Cl)cc1F. The molecule has 12 heteroatoms. The summed E-state index contributed by atoms with van der Waals surface area (Å²) >= 11 is 6.68. The number of sulfonamides is 1. The number of hydrogen-bond donors (Lipinski definition) is 1. The molecule has 0 atom stereocenters. The van der Waals surface area contributed by atoms with Crippen LogP contribution in [0.4, 0.5) is 10.1 Å². The Bertz CT molecular complexity index is 1200. The summed E-state index contributed by atoms with van der Waals surface area (Å²) in [6, 6.07) is 8.90. The molecule has 158 valence electrons. The van der Waals surface area contributed by atoms with Crippen LogP contribution in [0.1, 0.15) is 0 Å². The van der Waals surface area contributed by atoms with Gasteiger partial charge in [0.25, 0.3) is 0 Å². The molecule has 0 radical (unpaired) electrons. The van der Waals surface area contributed by atoms with Crippen LogP contribution in [0.2, 0.25) is 5.02 Å². The minimum Gasteiger partial charge on any atom is -0.322 e. The molecule has 0 spiro atoms. The molecular weight excluding hydrogens is 453 g/mol. The van der Waals surface area contributed by atoms with Crippen molar-refractivity contribution in [1.29, 1.82) is 0 Å². The van der Waals surface area contributed by atoms with Gasteiger partial charge in [-0.15, -0.1) is 0 Å². The number of nitrogens with one attached hydrogen (secondary N) is 1. The Morgan fingerprint density at radius 2 is 1.93 bits per heavy atom. The van der Waals surface area contributed by atoms with E-state index < -0.39 is 15.8 Å². The molecule has 30 heavy (non-hydrogen) atoms. The van der Waals surface area contributed by atoms with Crippen molar-refractivity contribution in [1.82, 2.24) is 18.0 Å². The summed E-state index contributed by atoms with van der Waals surface area (Å²) in [5, 5.41) is 2.75. The molecule has 8 nitrogen and oxygen atoms in total. The van der Waals surface area contributed by atoms with Crippen LogP contribution in [-0.4, -0.2) is 65.0 Å². The Hall–Kier alpha value is -2.18. The van der Waals surface area contributed by atoms with Crippen molar-refractivity contribution in [2.45, 2.75) is 4.90 Å². The highest BCUT2D eigenvalue weighted by atomic mass is 35.5. The summed E-state index contributed by atoms with van der Waals surface area (Å²) < 4.78 is 49.5. The van der Waals surface area contributed by atoms with Crippen LogP contribution in [0.25, 0.3) is 11.0 Å². The molecule has 0 aliphatic carbocycles. The van der Waals surface area contributed by atoms with Crippen LogP contribution in [-0.2, 0) is 14.8 Å². The topological polar surface area (TPSA) is 95.5 Å². The highest BCUT2D eigenvalue weighted by molar-refractivity contribution is 7.89. The Kier molecular flexibility index (Phi) is 5.98. The number of aromatic nitrogens is 2. The zero-order chi connectivity index (χ0) is 21.3. The van der Waals surface area contributed by atoms with Gasteiger partial charge in [0.15, 0.2) is 0 Å². The lowest BCUT2D eigenvalue weighted by molar-refractivity contribution is -0.117. The lowest BCUT2D eigenvalue weighted by Gasteiger charge is -2.33. The van der Waals surface area contributed by atoms with Crippen molar-refractivity contribution in [2.24, 2.45) is 0 Å². The maximum absolute atomic E-state index is 13.8. The maximum atomic E-state index is 13.8. The zero-order valence-electron chi connectivity index (χ0n) is 15.6. The summed E-state index contributed by atoms with van der Waals surface area (Å²) in [5.41, 5.74) is 0.968. The Balaban J connectivity index is 1.37. The maximum Gasteiger partial charge on any atom is 0.245 e. The lowest BCUT2D eigenvalue weighted by atomic mass is 10.3. The van der Waals surface area contributed by atoms with E-state index >= 15 is 0 Å². The summed E-state index contributed by atoms with van der Waals surface area (Å²) in [7, 11) is -3.72. The van der Waals surface area contributed by atoms with E-state index in [1.165, 1.54) is 22.5 Å². The Morgan fingerprint density at radius 1 is 1.17 bits per heavy atom. The summed E-state index contributed by atoms with van der Waals surface area (Å²) in [5.74, 6) is -0.997. The molecule has 1 amide bonds. The second-order valence-electron chi connectivity index (χ2n) is 6.74. The number of carbonyl (C=O) groups is 1. The quantitative estimate of drug-likeness (QED) is 0.616. The summed E-state index contributed by atoms with van der Waals surface area (Å²) in [6.45, 7) is 1.25. The van der Waals surface area contributed by atoms with E-state index in [-0.39, 0.29) is 41.1 Å². The van der Waals surface area contributed by atoms with Gasteiger partial charge in [-0.3, -0.25) is 9.69 Å². The van der Waals surface area contributed by atoms with Crippen LogP contribution in [0.15, 0.2) is 41.3 Å². The van der Waals surface area contributed by atoms with Gasteiger partial charge in [0.2, 0.25) is 15.9 Å². The van der Waals surface area contributed by atoms with Crippen LogP contribution < -0.4 is 5.32 Å². The monoisotopic (exact) mass is 469 g/mol. The number of carbonyl (C=O) groups excluding carboxylic acids is 1. The Labute approximate surface area is 181 Å². The smallest absolute Gasteiger partial charge is 0.245 e. The van der Waals surface area contributed by atoms with Crippen molar-refractivity contribution >= 4 is 56.0 Å². The van der Waals surface area contributed by atoms with Crippen LogP contribution in [0, 0.1) is 5.82 Å². The number of benzene rings is 2. The number of anilines is 1. The molecule has 1 aliphatic rings. The van der Waals surface area contributed by atoms with Gasteiger partial charge in [0.05, 0.1) is 24.0 Å². The number of hydrogen-bond acceptors (Lipinski definition) is 7. The van der Waals surface area contributed by atoms with E-state index in [9.17, 15) is 17.6 Å². The van der Waals surface area contributed by atoms with E-state index in [1.54, 1.807) is 12.1 Å². The standard InChI is InChI=1S/C18H17ClFN5O3S2/c19-12-4-5-14(13(20)10-12)21-17(26)11-24-6-8-25(9-7-24)30(27,28)16-3-1-2-15-18(16)23-29-22-15/h1-5,10H,6-9,11H2,(H,21,26). The van der Waals surface area contributed by atoms with Gasteiger partial charge in [-0.05, 0) is 30.3 Å². The molecule has 2 heterocycles. The molecule has 1 aromatic heterocycles. The van der Waals surface area contributed by atoms with E-state index in [0.29, 0.717) is 24.1 Å². The predicted octanol–water partition coefficient (Wildman–Crippen LogP) is 2.43. The van der Waals surface area contributed by atoms with Gasteiger partial charge in [-0.25, -0.2) is 12.8 Å². The number of amides is 1. The number of halogens is 2. The van der Waals surface area contributed by atoms with Crippen LogP contribution in [0.3, 0.4) is 0 Å². The van der Waals surface area contributed by atoms with E-state index in [2.05, 4.69) is 14.1 Å². The number of piperazine rings is 1. The fourth-order valence-corrected chi connectivity index (χ4v) is 5.57. The molecular formula is C18H17ClFN5O3S2. The highest BCUT2D eigenvalue weighted by Gasteiger charge is 2.31. The molecule has 4 rings (SSSR count). The van der Waals surface area contributed by atoms with Crippen molar-refractivity contribution in [2.75, 3.05) is 38.0 Å². The largest absolute Gasteiger partial charge is 0.322 e. The minimum atomic E-state index is -3.72. The van der Waals surface area contributed by atoms with Crippen LogP contribution >= 0.6 is 23.3 Å². The molecule has 2 aromatic carbocycles. The van der Waals surface area contributed by atoms with E-state index in [4.69, 9.17) is 11.6 Å². The average molecular weight is 470 g/mol. The molecule has 1 fully saturated rings. The molecule has 3 aromatic rings. The molecule has 0 saturated carbocycles. The molecule has 0 bridgehead atoms. The fraction of sp³-hybridized carbons (Fsp3) is 0.278. The zero-order valence-corrected chi connectivity index (χ0v) is 18.0. The van der Waals surface area contributed by atoms with Gasteiger partial charge in [-0.1, -0.05) is 17.7 Å². The Morgan fingerprint density at radius 3 is 2.67 bits per heavy atom. The summed E-state index contributed by atoms with van der Waals surface area (Å²) in [6.07, 6.45) is 0. The van der Waals surface area contributed by atoms with Crippen molar-refractivity contribution in [3.63, 3.8) is 0 Å². The van der Waals surface area contributed by atoms with E-state index in [0.717, 1.165) is 17.8 Å². The van der Waals surface area contributed by atoms with Gasteiger partial charge >= 0.3 is 0 Å². The lowest BCUT2D eigenvalue weighted by Crippen LogP contribution is -2.50. The molecule has 1 N–H and O–H groups in total. The van der Waals surface area contributed by atoms with Crippen molar-refractivity contribution in [3.05, 3.63) is 47.2 Å².